The molecule has 0 spiro atoms. The van der Waals surface area contributed by atoms with Gasteiger partial charge in [-0.3, -0.25) is 19.3 Å². The van der Waals surface area contributed by atoms with Gasteiger partial charge in [-0.2, -0.15) is 13.2 Å². The average Bonchev–Trinajstić information content (AvgIpc) is 3.16. The molecule has 0 aliphatic carbocycles. The summed E-state index contributed by atoms with van der Waals surface area (Å²) in [4.78, 5) is 39.2. The highest BCUT2D eigenvalue weighted by atomic mass is 19.4. The number of fused-ring (bicyclic) bond motifs is 2. The molecule has 3 amide bonds. The molecular weight excluding hydrogens is 509 g/mol. The van der Waals surface area contributed by atoms with Gasteiger partial charge in [0, 0.05) is 23.5 Å². The molecule has 198 valence electrons. The quantitative estimate of drug-likeness (QED) is 0.278. The summed E-state index contributed by atoms with van der Waals surface area (Å²) < 4.78 is 44.3. The van der Waals surface area contributed by atoms with Crippen LogP contribution in [0.2, 0.25) is 0 Å². The Morgan fingerprint density at radius 3 is 2.21 bits per heavy atom. The number of hydrogen-bond acceptors (Lipinski definition) is 4. The lowest BCUT2D eigenvalue weighted by atomic mass is 10.1. The Bertz CT molecular complexity index is 1550. The lowest BCUT2D eigenvalue weighted by Crippen LogP contribution is -2.38. The molecule has 0 saturated heterocycles. The third-order valence-electron chi connectivity index (χ3n) is 6.55. The van der Waals surface area contributed by atoms with E-state index in [1.807, 2.05) is 0 Å². The number of amides is 3. The highest BCUT2D eigenvalue weighted by Gasteiger charge is 2.35. The fourth-order valence-corrected chi connectivity index (χ4v) is 4.47. The summed E-state index contributed by atoms with van der Waals surface area (Å²) >= 11 is 0. The van der Waals surface area contributed by atoms with E-state index in [4.69, 9.17) is 4.74 Å². The summed E-state index contributed by atoms with van der Waals surface area (Å²) in [5, 5.41) is 4.30. The minimum atomic E-state index is -4.43. The first-order chi connectivity index (χ1) is 18.6. The Morgan fingerprint density at radius 1 is 0.897 bits per heavy atom. The van der Waals surface area contributed by atoms with Crippen LogP contribution in [0.25, 0.3) is 10.8 Å². The van der Waals surface area contributed by atoms with Gasteiger partial charge in [0.1, 0.15) is 11.5 Å². The van der Waals surface area contributed by atoms with Crippen molar-refractivity contribution < 1.29 is 32.3 Å². The fourth-order valence-electron chi connectivity index (χ4n) is 4.47. The van der Waals surface area contributed by atoms with Gasteiger partial charge in [-0.15, -0.1) is 0 Å². The van der Waals surface area contributed by atoms with Gasteiger partial charge in [-0.05, 0) is 79.4 Å². The molecule has 4 aromatic rings. The topological polar surface area (TPSA) is 75.7 Å². The number of carbonyl (C=O) groups excluding carboxylic acids is 3. The Morgan fingerprint density at radius 2 is 1.56 bits per heavy atom. The molecule has 5 rings (SSSR count). The first-order valence-electron chi connectivity index (χ1n) is 12.3. The second-order valence-corrected chi connectivity index (χ2v) is 9.29. The number of halogens is 3. The van der Waals surface area contributed by atoms with E-state index in [0.29, 0.717) is 39.6 Å². The van der Waals surface area contributed by atoms with Crippen molar-refractivity contribution in [2.24, 2.45) is 0 Å². The van der Waals surface area contributed by atoms with Gasteiger partial charge in [0.2, 0.25) is 0 Å². The number of nitrogens with zero attached hydrogens (tertiary/aromatic N) is 1. The number of imide groups is 1. The van der Waals surface area contributed by atoms with Crippen LogP contribution in [0.15, 0.2) is 84.9 Å². The molecule has 9 heteroatoms. The number of hydrogen-bond donors (Lipinski definition) is 1. The second-order valence-electron chi connectivity index (χ2n) is 9.29. The SMILES string of the molecule is CC(CCN1C(=O)c2ccccc2C1=O)NC(=O)c1ccc2c(Oc3ccc(C(F)(F)F)cc3)cccc2c1. The number of carbonyl (C=O) groups is 3. The molecule has 1 aliphatic heterocycles. The summed E-state index contributed by atoms with van der Waals surface area (Å²) in [5.74, 6) is -0.297. The number of alkyl halides is 3. The predicted molar refractivity (Wildman–Crippen MR) is 139 cm³/mol. The second kappa shape index (κ2) is 10.2. The summed E-state index contributed by atoms with van der Waals surface area (Å²) in [6.45, 7) is 1.98. The lowest BCUT2D eigenvalue weighted by molar-refractivity contribution is -0.137. The molecule has 1 N–H and O–H groups in total. The maximum atomic E-state index is 12.9. The maximum Gasteiger partial charge on any atom is 0.416 e. The number of rotatable bonds is 7. The van der Waals surface area contributed by atoms with Crippen molar-refractivity contribution in [2.75, 3.05) is 6.54 Å². The highest BCUT2D eigenvalue weighted by molar-refractivity contribution is 6.21. The zero-order valence-corrected chi connectivity index (χ0v) is 20.8. The molecular formula is C30H23F3N2O4. The van der Waals surface area contributed by atoms with Crippen molar-refractivity contribution in [1.82, 2.24) is 10.2 Å². The Balaban J connectivity index is 1.23. The highest BCUT2D eigenvalue weighted by Crippen LogP contribution is 2.34. The van der Waals surface area contributed by atoms with E-state index in [2.05, 4.69) is 5.32 Å². The van der Waals surface area contributed by atoms with Crippen molar-refractivity contribution in [1.29, 1.82) is 0 Å². The molecule has 0 fully saturated rings. The zero-order valence-electron chi connectivity index (χ0n) is 20.8. The molecule has 1 aliphatic rings. The molecule has 1 atom stereocenters. The molecule has 4 aromatic carbocycles. The average molecular weight is 533 g/mol. The van der Waals surface area contributed by atoms with Crippen LogP contribution in [0.4, 0.5) is 13.2 Å². The molecule has 0 radical (unpaired) electrons. The summed E-state index contributed by atoms with van der Waals surface area (Å²) in [7, 11) is 0. The van der Waals surface area contributed by atoms with Crippen LogP contribution in [0.1, 0.15) is 50.0 Å². The molecule has 1 heterocycles. The summed E-state index contributed by atoms with van der Waals surface area (Å²) in [5.41, 5.74) is 0.414. The molecule has 39 heavy (non-hydrogen) atoms. The van der Waals surface area contributed by atoms with Gasteiger partial charge < -0.3 is 10.1 Å². The van der Waals surface area contributed by atoms with Crippen LogP contribution in [-0.2, 0) is 6.18 Å². The van der Waals surface area contributed by atoms with E-state index in [-0.39, 0.29) is 36.1 Å². The fraction of sp³-hybridized carbons (Fsp3) is 0.167. The van der Waals surface area contributed by atoms with Crippen LogP contribution in [-0.4, -0.2) is 35.2 Å². The Labute approximate surface area is 222 Å². The number of nitrogens with one attached hydrogen (secondary N) is 1. The first kappa shape index (κ1) is 26.0. The molecule has 6 nitrogen and oxygen atoms in total. The van der Waals surface area contributed by atoms with E-state index in [9.17, 15) is 27.6 Å². The maximum absolute atomic E-state index is 12.9. The van der Waals surface area contributed by atoms with Crippen molar-refractivity contribution >= 4 is 28.5 Å². The van der Waals surface area contributed by atoms with Gasteiger partial charge in [0.05, 0.1) is 16.7 Å². The standard InChI is InChI=1S/C30H23F3N2O4/c1-18(15-16-35-28(37)24-6-2-3-7-25(24)29(35)38)34-27(36)20-9-14-23-19(17-20)5-4-8-26(23)39-22-12-10-21(11-13-22)30(31,32)33/h2-14,17-18H,15-16H2,1H3,(H,34,36). The van der Waals surface area contributed by atoms with Crippen molar-refractivity contribution in [3.63, 3.8) is 0 Å². The van der Waals surface area contributed by atoms with Gasteiger partial charge in [-0.25, -0.2) is 0 Å². The van der Waals surface area contributed by atoms with E-state index >= 15 is 0 Å². The Kier molecular flexibility index (Phi) is 6.82. The third-order valence-corrected chi connectivity index (χ3v) is 6.55. The van der Waals surface area contributed by atoms with Crippen LogP contribution in [0.5, 0.6) is 11.5 Å². The van der Waals surface area contributed by atoms with Gasteiger partial charge >= 0.3 is 6.18 Å². The van der Waals surface area contributed by atoms with Crippen LogP contribution in [0.3, 0.4) is 0 Å². The number of ether oxygens (including phenoxy) is 1. The number of benzene rings is 4. The third kappa shape index (κ3) is 5.34. The summed E-state index contributed by atoms with van der Waals surface area (Å²) in [6, 6.07) is 21.1. The van der Waals surface area contributed by atoms with E-state index in [1.54, 1.807) is 67.6 Å². The molecule has 0 bridgehead atoms. The zero-order chi connectivity index (χ0) is 27.7. The smallest absolute Gasteiger partial charge is 0.416 e. The minimum absolute atomic E-state index is 0.177. The molecule has 0 aromatic heterocycles. The van der Waals surface area contributed by atoms with E-state index in [1.165, 1.54) is 17.0 Å². The van der Waals surface area contributed by atoms with Crippen LogP contribution in [0, 0.1) is 0 Å². The van der Waals surface area contributed by atoms with Crippen molar-refractivity contribution in [3.05, 3.63) is 107 Å². The van der Waals surface area contributed by atoms with Crippen molar-refractivity contribution in [2.45, 2.75) is 25.6 Å². The van der Waals surface area contributed by atoms with Crippen LogP contribution < -0.4 is 10.1 Å². The first-order valence-corrected chi connectivity index (χ1v) is 12.3. The predicted octanol–water partition coefficient (Wildman–Crippen LogP) is 6.46. The minimum Gasteiger partial charge on any atom is -0.457 e. The van der Waals surface area contributed by atoms with Gasteiger partial charge in [0.15, 0.2) is 0 Å². The molecule has 1 unspecified atom stereocenters. The molecule has 0 saturated carbocycles. The van der Waals surface area contributed by atoms with E-state index < -0.39 is 11.7 Å². The van der Waals surface area contributed by atoms with Gasteiger partial charge in [-0.1, -0.05) is 24.3 Å². The monoisotopic (exact) mass is 532 g/mol. The van der Waals surface area contributed by atoms with E-state index in [0.717, 1.165) is 12.1 Å². The van der Waals surface area contributed by atoms with Crippen LogP contribution >= 0.6 is 0 Å². The largest absolute Gasteiger partial charge is 0.457 e. The Hall–Kier alpha value is -4.66. The summed E-state index contributed by atoms with van der Waals surface area (Å²) in [6.07, 6.45) is -4.04. The normalized spacial score (nSPS) is 13.9. The van der Waals surface area contributed by atoms with Gasteiger partial charge in [0.25, 0.3) is 17.7 Å². The van der Waals surface area contributed by atoms with Crippen molar-refractivity contribution in [3.8, 4) is 11.5 Å². The lowest BCUT2D eigenvalue weighted by Gasteiger charge is -2.18.